The number of imide groups is 1. The highest BCUT2D eigenvalue weighted by Crippen LogP contribution is 2.39. The van der Waals surface area contributed by atoms with Gasteiger partial charge in [-0.1, -0.05) is 37.0 Å². The molecule has 0 radical (unpaired) electrons. The minimum Gasteiger partial charge on any atom is -0.345 e. The average molecular weight is 415 g/mol. The lowest BCUT2D eigenvalue weighted by Gasteiger charge is -2.35. The Morgan fingerprint density at radius 1 is 1.00 bits per heavy atom. The maximum Gasteiger partial charge on any atom is 0.327 e. The van der Waals surface area contributed by atoms with E-state index in [-0.39, 0.29) is 24.9 Å². The SMILES string of the molecule is Cc1cc(C)c(NC(=O)CNC(=O)CN2C(=O)N(C)C3(CCCCC3)C2=O)c(C)c1. The first-order chi connectivity index (χ1) is 14.2. The normalized spacial score (nSPS) is 18.1. The van der Waals surface area contributed by atoms with Crippen LogP contribution in [-0.2, 0) is 14.4 Å². The summed E-state index contributed by atoms with van der Waals surface area (Å²) in [6, 6.07) is 3.50. The summed E-state index contributed by atoms with van der Waals surface area (Å²) in [4.78, 5) is 52.6. The fraction of sp³-hybridized carbons (Fsp3) is 0.545. The van der Waals surface area contributed by atoms with Gasteiger partial charge in [-0.15, -0.1) is 0 Å². The van der Waals surface area contributed by atoms with Crippen molar-refractivity contribution in [1.29, 1.82) is 0 Å². The molecule has 0 bridgehead atoms. The molecular weight excluding hydrogens is 384 g/mol. The predicted molar refractivity (Wildman–Crippen MR) is 113 cm³/mol. The second-order valence-electron chi connectivity index (χ2n) is 8.42. The average Bonchev–Trinajstić information content (AvgIpc) is 2.86. The van der Waals surface area contributed by atoms with Gasteiger partial charge in [0.05, 0.1) is 6.54 Å². The Hall–Kier alpha value is -2.90. The lowest BCUT2D eigenvalue weighted by Crippen LogP contribution is -2.49. The maximum absolute atomic E-state index is 12.9. The third-order valence-electron chi connectivity index (χ3n) is 6.17. The lowest BCUT2D eigenvalue weighted by molar-refractivity contribution is -0.137. The highest BCUT2D eigenvalue weighted by Gasteiger charge is 2.55. The van der Waals surface area contributed by atoms with Crippen molar-refractivity contribution in [2.75, 3.05) is 25.5 Å². The molecule has 1 aliphatic heterocycles. The highest BCUT2D eigenvalue weighted by molar-refractivity contribution is 6.09. The van der Waals surface area contributed by atoms with Gasteiger partial charge in [-0.2, -0.15) is 0 Å². The molecule has 30 heavy (non-hydrogen) atoms. The molecule has 1 aliphatic carbocycles. The summed E-state index contributed by atoms with van der Waals surface area (Å²) in [7, 11) is 1.63. The first-order valence-corrected chi connectivity index (χ1v) is 10.4. The third-order valence-corrected chi connectivity index (χ3v) is 6.17. The van der Waals surface area contributed by atoms with E-state index in [0.29, 0.717) is 12.8 Å². The number of carbonyl (C=O) groups is 4. The number of benzene rings is 1. The number of carbonyl (C=O) groups excluding carboxylic acids is 4. The zero-order chi connectivity index (χ0) is 22.1. The molecule has 0 unspecified atom stereocenters. The van der Waals surface area contributed by atoms with Gasteiger partial charge in [0.25, 0.3) is 5.91 Å². The van der Waals surface area contributed by atoms with Gasteiger partial charge in [-0.25, -0.2) is 4.79 Å². The van der Waals surface area contributed by atoms with E-state index in [2.05, 4.69) is 10.6 Å². The van der Waals surface area contributed by atoms with Crippen LogP contribution in [-0.4, -0.2) is 59.2 Å². The zero-order valence-corrected chi connectivity index (χ0v) is 18.1. The summed E-state index contributed by atoms with van der Waals surface area (Å²) in [5.41, 5.74) is 2.91. The van der Waals surface area contributed by atoms with Crippen LogP contribution in [0, 0.1) is 20.8 Å². The third kappa shape index (κ3) is 4.04. The first-order valence-electron chi connectivity index (χ1n) is 10.4. The number of amides is 5. The Morgan fingerprint density at radius 3 is 2.20 bits per heavy atom. The monoisotopic (exact) mass is 414 g/mol. The van der Waals surface area contributed by atoms with Crippen LogP contribution >= 0.6 is 0 Å². The summed E-state index contributed by atoms with van der Waals surface area (Å²) < 4.78 is 0. The fourth-order valence-electron chi connectivity index (χ4n) is 4.61. The number of aryl methyl sites for hydroxylation is 3. The van der Waals surface area contributed by atoms with E-state index in [9.17, 15) is 19.2 Å². The van der Waals surface area contributed by atoms with E-state index in [0.717, 1.165) is 46.5 Å². The molecule has 1 saturated carbocycles. The number of nitrogens with zero attached hydrogens (tertiary/aromatic N) is 2. The minimum absolute atomic E-state index is 0.233. The molecule has 1 spiro atoms. The number of urea groups is 1. The summed E-state index contributed by atoms with van der Waals surface area (Å²) in [5, 5.41) is 5.33. The van der Waals surface area contributed by atoms with E-state index in [1.807, 2.05) is 32.9 Å². The van der Waals surface area contributed by atoms with E-state index >= 15 is 0 Å². The molecule has 2 aliphatic rings. The number of nitrogens with one attached hydrogen (secondary N) is 2. The first kappa shape index (κ1) is 21.8. The molecule has 2 N–H and O–H groups in total. The van der Waals surface area contributed by atoms with Crippen LogP contribution < -0.4 is 10.6 Å². The molecule has 8 nitrogen and oxygen atoms in total. The molecule has 3 rings (SSSR count). The number of hydrogen-bond acceptors (Lipinski definition) is 4. The summed E-state index contributed by atoms with van der Waals surface area (Å²) in [6.07, 6.45) is 4.09. The molecule has 0 aromatic heterocycles. The van der Waals surface area contributed by atoms with Crippen LogP contribution in [0.2, 0.25) is 0 Å². The molecular formula is C22H30N4O4. The van der Waals surface area contributed by atoms with Crippen molar-refractivity contribution in [1.82, 2.24) is 15.1 Å². The Bertz CT molecular complexity index is 866. The molecule has 1 aromatic carbocycles. The van der Waals surface area contributed by atoms with Gasteiger partial charge in [-0.3, -0.25) is 19.3 Å². The molecule has 1 heterocycles. The Kier molecular flexibility index (Phi) is 6.14. The van der Waals surface area contributed by atoms with Crippen molar-refractivity contribution in [3.8, 4) is 0 Å². The van der Waals surface area contributed by atoms with Gasteiger partial charge >= 0.3 is 6.03 Å². The lowest BCUT2D eigenvalue weighted by atomic mass is 9.81. The zero-order valence-electron chi connectivity index (χ0n) is 18.1. The van der Waals surface area contributed by atoms with Gasteiger partial charge in [0, 0.05) is 12.7 Å². The van der Waals surface area contributed by atoms with Crippen LogP contribution in [0.3, 0.4) is 0 Å². The molecule has 1 aromatic rings. The smallest absolute Gasteiger partial charge is 0.327 e. The van der Waals surface area contributed by atoms with Crippen LogP contribution in [0.4, 0.5) is 10.5 Å². The molecule has 162 valence electrons. The largest absolute Gasteiger partial charge is 0.345 e. The maximum atomic E-state index is 12.9. The van der Waals surface area contributed by atoms with E-state index in [4.69, 9.17) is 0 Å². The Balaban J connectivity index is 1.56. The van der Waals surface area contributed by atoms with Gasteiger partial charge < -0.3 is 15.5 Å². The van der Waals surface area contributed by atoms with Crippen molar-refractivity contribution in [2.24, 2.45) is 0 Å². The standard InChI is InChI=1S/C22H30N4O4/c1-14-10-15(2)19(16(3)11-14)24-17(27)12-23-18(28)13-26-20(29)22(25(4)21(26)30)8-6-5-7-9-22/h10-11H,5-9,12-13H2,1-4H3,(H,23,28)(H,24,27). The second kappa shape index (κ2) is 8.45. The topological polar surface area (TPSA) is 98.8 Å². The summed E-state index contributed by atoms with van der Waals surface area (Å²) in [5.74, 6) is -1.20. The quantitative estimate of drug-likeness (QED) is 0.722. The van der Waals surface area contributed by atoms with Crippen LogP contribution in [0.1, 0.15) is 48.8 Å². The van der Waals surface area contributed by atoms with Crippen molar-refractivity contribution >= 4 is 29.4 Å². The number of rotatable bonds is 5. The van der Waals surface area contributed by atoms with Crippen molar-refractivity contribution in [3.05, 3.63) is 28.8 Å². The van der Waals surface area contributed by atoms with E-state index in [1.165, 1.54) is 4.90 Å². The number of likely N-dealkylation sites (N-methyl/N-ethyl adjacent to an activating group) is 1. The van der Waals surface area contributed by atoms with Crippen molar-refractivity contribution < 1.29 is 19.2 Å². The van der Waals surface area contributed by atoms with Gasteiger partial charge in [0.15, 0.2) is 0 Å². The molecule has 1 saturated heterocycles. The number of anilines is 1. The fourth-order valence-corrected chi connectivity index (χ4v) is 4.61. The molecule has 5 amide bonds. The Morgan fingerprint density at radius 2 is 1.60 bits per heavy atom. The summed E-state index contributed by atoms with van der Waals surface area (Å²) >= 11 is 0. The minimum atomic E-state index is -0.812. The van der Waals surface area contributed by atoms with E-state index < -0.39 is 17.5 Å². The molecule has 0 atom stereocenters. The second-order valence-corrected chi connectivity index (χ2v) is 8.42. The number of hydrogen-bond donors (Lipinski definition) is 2. The predicted octanol–water partition coefficient (Wildman–Crippen LogP) is 2.26. The van der Waals surface area contributed by atoms with Gasteiger partial charge in [0.2, 0.25) is 11.8 Å². The van der Waals surface area contributed by atoms with Crippen molar-refractivity contribution in [3.63, 3.8) is 0 Å². The van der Waals surface area contributed by atoms with Crippen LogP contribution in [0.25, 0.3) is 0 Å². The highest BCUT2D eigenvalue weighted by atomic mass is 16.2. The van der Waals surface area contributed by atoms with Crippen LogP contribution in [0.5, 0.6) is 0 Å². The van der Waals surface area contributed by atoms with Gasteiger partial charge in [-0.05, 0) is 44.7 Å². The molecule has 8 heteroatoms. The van der Waals surface area contributed by atoms with Crippen LogP contribution in [0.15, 0.2) is 12.1 Å². The van der Waals surface area contributed by atoms with Gasteiger partial charge in [0.1, 0.15) is 12.1 Å². The summed E-state index contributed by atoms with van der Waals surface area (Å²) in [6.45, 7) is 5.21. The van der Waals surface area contributed by atoms with Crippen molar-refractivity contribution in [2.45, 2.75) is 58.4 Å². The Labute approximate surface area is 177 Å². The molecule has 2 fully saturated rings. The van der Waals surface area contributed by atoms with E-state index in [1.54, 1.807) is 7.05 Å².